The Morgan fingerprint density at radius 3 is 2.36 bits per heavy atom. The molecule has 1 aromatic rings. The molecule has 0 bridgehead atoms. The van der Waals surface area contributed by atoms with Crippen LogP contribution in [-0.4, -0.2) is 28.0 Å². The molecule has 76 valence electrons. The van der Waals surface area contributed by atoms with E-state index in [0.717, 1.165) is 5.38 Å². The fraction of sp³-hybridized carbons (Fsp3) is 0.167. The third kappa shape index (κ3) is 2.08. The standard InChI is InChI=1S/C6H2F3NO3S/c7-6(8,9)3(11)4-10-2(1-14-4)5(12)13/h1H,(H,12,13). The highest BCUT2D eigenvalue weighted by Gasteiger charge is 2.41. The number of aromatic nitrogens is 1. The normalized spacial score (nSPS) is 11.4. The van der Waals surface area contributed by atoms with E-state index in [2.05, 4.69) is 4.98 Å². The average Bonchev–Trinajstić information content (AvgIpc) is 2.48. The number of Topliss-reactive ketones (excluding diaryl/α,β-unsaturated/α-hetero) is 1. The molecule has 1 rings (SSSR count). The summed E-state index contributed by atoms with van der Waals surface area (Å²) in [5, 5.41) is 8.34. The minimum absolute atomic E-state index is 0.351. The summed E-state index contributed by atoms with van der Waals surface area (Å²) in [5.41, 5.74) is -0.567. The highest BCUT2D eigenvalue weighted by atomic mass is 32.1. The average molecular weight is 225 g/mol. The van der Waals surface area contributed by atoms with Gasteiger partial charge in [-0.2, -0.15) is 13.2 Å². The van der Waals surface area contributed by atoms with Crippen molar-refractivity contribution in [3.63, 3.8) is 0 Å². The summed E-state index contributed by atoms with van der Waals surface area (Å²) in [6, 6.07) is 0. The summed E-state index contributed by atoms with van der Waals surface area (Å²) in [4.78, 5) is 23.8. The summed E-state index contributed by atoms with van der Waals surface area (Å²) in [5.74, 6) is -3.60. The Kier molecular flexibility index (Phi) is 2.56. The van der Waals surface area contributed by atoms with Crippen molar-refractivity contribution in [1.29, 1.82) is 0 Å². The van der Waals surface area contributed by atoms with Crippen LogP contribution in [0.15, 0.2) is 5.38 Å². The molecule has 0 aliphatic heterocycles. The van der Waals surface area contributed by atoms with Gasteiger partial charge in [0, 0.05) is 5.38 Å². The second-order valence-corrected chi connectivity index (χ2v) is 3.03. The number of ketones is 1. The van der Waals surface area contributed by atoms with Crippen molar-refractivity contribution >= 4 is 23.1 Å². The van der Waals surface area contributed by atoms with E-state index >= 15 is 0 Å². The summed E-state index contributed by atoms with van der Waals surface area (Å²) < 4.78 is 35.4. The Hall–Kier alpha value is -1.44. The van der Waals surface area contributed by atoms with E-state index < -0.39 is 28.6 Å². The van der Waals surface area contributed by atoms with Gasteiger partial charge in [0.25, 0.3) is 5.78 Å². The Balaban J connectivity index is 2.99. The maximum atomic E-state index is 11.8. The molecule has 0 amide bonds. The van der Waals surface area contributed by atoms with E-state index in [1.165, 1.54) is 0 Å². The third-order valence-corrected chi connectivity index (χ3v) is 2.02. The highest BCUT2D eigenvalue weighted by Crippen LogP contribution is 2.23. The van der Waals surface area contributed by atoms with Gasteiger partial charge in [0.05, 0.1) is 0 Å². The molecule has 0 saturated heterocycles. The maximum Gasteiger partial charge on any atom is 0.457 e. The number of carbonyl (C=O) groups is 2. The lowest BCUT2D eigenvalue weighted by molar-refractivity contribution is -0.0885. The van der Waals surface area contributed by atoms with Gasteiger partial charge in [-0.15, -0.1) is 11.3 Å². The van der Waals surface area contributed by atoms with E-state index in [1.54, 1.807) is 0 Å². The second-order valence-electron chi connectivity index (χ2n) is 2.17. The topological polar surface area (TPSA) is 67.3 Å². The molecule has 0 saturated carbocycles. The number of hydrogen-bond donors (Lipinski definition) is 1. The van der Waals surface area contributed by atoms with E-state index in [1.807, 2.05) is 0 Å². The fourth-order valence-electron chi connectivity index (χ4n) is 0.598. The van der Waals surface area contributed by atoms with Crippen LogP contribution in [0.4, 0.5) is 13.2 Å². The van der Waals surface area contributed by atoms with Crippen molar-refractivity contribution in [3.8, 4) is 0 Å². The fourth-order valence-corrected chi connectivity index (χ4v) is 1.35. The van der Waals surface area contributed by atoms with E-state index in [-0.39, 0.29) is 0 Å². The number of aromatic carboxylic acids is 1. The number of nitrogens with zero attached hydrogens (tertiary/aromatic N) is 1. The molecule has 0 fully saturated rings. The lowest BCUT2D eigenvalue weighted by Gasteiger charge is -1.99. The summed E-state index contributed by atoms with van der Waals surface area (Å²) in [6.07, 6.45) is -5.02. The predicted molar refractivity (Wildman–Crippen MR) is 39.5 cm³/mol. The van der Waals surface area contributed by atoms with Crippen molar-refractivity contribution in [2.24, 2.45) is 0 Å². The van der Waals surface area contributed by atoms with Crippen LogP contribution in [0, 0.1) is 0 Å². The van der Waals surface area contributed by atoms with Gasteiger partial charge < -0.3 is 5.11 Å². The number of carboxylic acids is 1. The number of rotatable bonds is 2. The summed E-state index contributed by atoms with van der Waals surface area (Å²) in [6.45, 7) is 0. The first-order valence-electron chi connectivity index (χ1n) is 3.12. The first-order chi connectivity index (χ1) is 6.32. The number of thiazole rings is 1. The van der Waals surface area contributed by atoms with Crippen LogP contribution in [0.1, 0.15) is 20.3 Å². The van der Waals surface area contributed by atoms with Crippen molar-refractivity contribution in [1.82, 2.24) is 4.98 Å². The van der Waals surface area contributed by atoms with Crippen molar-refractivity contribution in [2.75, 3.05) is 0 Å². The molecule has 8 heteroatoms. The van der Waals surface area contributed by atoms with Crippen molar-refractivity contribution in [3.05, 3.63) is 16.1 Å². The van der Waals surface area contributed by atoms with Crippen molar-refractivity contribution in [2.45, 2.75) is 6.18 Å². The van der Waals surface area contributed by atoms with Crippen LogP contribution >= 0.6 is 11.3 Å². The summed E-state index contributed by atoms with van der Waals surface area (Å²) in [7, 11) is 0. The van der Waals surface area contributed by atoms with Crippen molar-refractivity contribution < 1.29 is 27.9 Å². The SMILES string of the molecule is O=C(O)c1csc(C(=O)C(F)(F)F)n1. The molecule has 14 heavy (non-hydrogen) atoms. The second kappa shape index (κ2) is 3.37. The number of alkyl halides is 3. The molecule has 0 aromatic carbocycles. The first-order valence-corrected chi connectivity index (χ1v) is 4.00. The molecule has 0 aliphatic carbocycles. The molecule has 4 nitrogen and oxygen atoms in total. The smallest absolute Gasteiger partial charge is 0.457 e. The van der Waals surface area contributed by atoms with Crippen LogP contribution in [0.5, 0.6) is 0 Å². The molecule has 0 radical (unpaired) electrons. The van der Waals surface area contributed by atoms with Crippen LogP contribution in [0.25, 0.3) is 0 Å². The quantitative estimate of drug-likeness (QED) is 0.776. The maximum absolute atomic E-state index is 11.8. The Morgan fingerprint density at radius 1 is 1.43 bits per heavy atom. The largest absolute Gasteiger partial charge is 0.476 e. The van der Waals surface area contributed by atoms with Gasteiger partial charge in [0.1, 0.15) is 0 Å². The first kappa shape index (κ1) is 10.6. The van der Waals surface area contributed by atoms with Gasteiger partial charge in [0.2, 0.25) is 0 Å². The zero-order chi connectivity index (χ0) is 10.9. The van der Waals surface area contributed by atoms with Gasteiger partial charge >= 0.3 is 12.1 Å². The number of carboxylic acid groups (broad SMARTS) is 1. The van der Waals surface area contributed by atoms with Crippen LogP contribution in [-0.2, 0) is 0 Å². The van der Waals surface area contributed by atoms with Gasteiger partial charge in [-0.1, -0.05) is 0 Å². The Morgan fingerprint density at radius 2 is 2.00 bits per heavy atom. The molecule has 0 aliphatic rings. The molecule has 0 unspecified atom stereocenters. The van der Waals surface area contributed by atoms with Gasteiger partial charge in [-0.25, -0.2) is 9.78 Å². The van der Waals surface area contributed by atoms with E-state index in [4.69, 9.17) is 5.11 Å². The Labute approximate surface area is 79.0 Å². The number of halogens is 3. The monoisotopic (exact) mass is 225 g/mol. The molecule has 1 N–H and O–H groups in total. The van der Waals surface area contributed by atoms with Gasteiger partial charge in [-0.05, 0) is 0 Å². The molecule has 1 aromatic heterocycles. The third-order valence-electron chi connectivity index (χ3n) is 1.18. The molecular weight excluding hydrogens is 223 g/mol. The highest BCUT2D eigenvalue weighted by molar-refractivity contribution is 7.12. The molecular formula is C6H2F3NO3S. The zero-order valence-electron chi connectivity index (χ0n) is 6.33. The predicted octanol–water partition coefficient (Wildman–Crippen LogP) is 1.59. The Bertz CT molecular complexity index is 384. The molecule has 1 heterocycles. The van der Waals surface area contributed by atoms with E-state index in [9.17, 15) is 22.8 Å². The van der Waals surface area contributed by atoms with Gasteiger partial charge in [-0.3, -0.25) is 4.79 Å². The van der Waals surface area contributed by atoms with Crippen LogP contribution in [0.3, 0.4) is 0 Å². The molecule has 0 atom stereocenters. The lowest BCUT2D eigenvalue weighted by atomic mass is 10.4. The van der Waals surface area contributed by atoms with Crippen LogP contribution in [0.2, 0.25) is 0 Å². The molecule has 0 spiro atoms. The van der Waals surface area contributed by atoms with E-state index in [0.29, 0.717) is 11.3 Å². The zero-order valence-corrected chi connectivity index (χ0v) is 7.15. The summed E-state index contributed by atoms with van der Waals surface area (Å²) >= 11 is 0.351. The van der Waals surface area contributed by atoms with Crippen LogP contribution < -0.4 is 0 Å². The lowest BCUT2D eigenvalue weighted by Crippen LogP contribution is -2.22. The van der Waals surface area contributed by atoms with Gasteiger partial charge in [0.15, 0.2) is 10.7 Å². The number of hydrogen-bond acceptors (Lipinski definition) is 4. The minimum Gasteiger partial charge on any atom is -0.476 e. The number of carbonyl (C=O) groups excluding carboxylic acids is 1. The minimum atomic E-state index is -5.02.